The molecular weight excluding hydrogens is 284 g/mol. The van der Waals surface area contributed by atoms with Gasteiger partial charge in [0.2, 0.25) is 0 Å². The van der Waals surface area contributed by atoms with Crippen molar-refractivity contribution in [1.82, 2.24) is 14.5 Å². The molecule has 1 aliphatic rings. The average Bonchev–Trinajstić information content (AvgIpc) is 2.87. The number of imidazole rings is 1. The largest absolute Gasteiger partial charge is 0.352 e. The van der Waals surface area contributed by atoms with Gasteiger partial charge in [-0.3, -0.25) is 0 Å². The van der Waals surface area contributed by atoms with Crippen molar-refractivity contribution in [2.24, 2.45) is 0 Å². The molecule has 2 aromatic heterocycles. The summed E-state index contributed by atoms with van der Waals surface area (Å²) in [5, 5.41) is 0. The standard InChI is InChI=1S/C19H22N4/c1-19(2,3)18-21-15-8-4-5-9-16(15)23(18)14-12-22(13-14)17-10-6-7-11-20-17/h4-11,14H,12-13H2,1-3H3. The molecule has 0 radical (unpaired) electrons. The van der Waals surface area contributed by atoms with E-state index in [1.54, 1.807) is 0 Å². The molecule has 1 fully saturated rings. The average molecular weight is 306 g/mol. The minimum absolute atomic E-state index is 0.0322. The Labute approximate surface area is 136 Å². The van der Waals surface area contributed by atoms with Crippen LogP contribution in [-0.2, 0) is 5.41 Å². The van der Waals surface area contributed by atoms with Crippen LogP contribution < -0.4 is 4.90 Å². The topological polar surface area (TPSA) is 34.0 Å². The molecule has 0 spiro atoms. The molecule has 0 bridgehead atoms. The molecule has 4 nitrogen and oxygen atoms in total. The van der Waals surface area contributed by atoms with Crippen molar-refractivity contribution >= 4 is 16.9 Å². The second-order valence-electron chi connectivity index (χ2n) is 7.29. The summed E-state index contributed by atoms with van der Waals surface area (Å²) in [6, 6.07) is 15.0. The first-order chi connectivity index (χ1) is 11.0. The predicted octanol–water partition coefficient (Wildman–Crippen LogP) is 3.79. The van der Waals surface area contributed by atoms with Gasteiger partial charge in [-0.1, -0.05) is 39.0 Å². The molecule has 0 aliphatic carbocycles. The maximum Gasteiger partial charge on any atom is 0.128 e. The molecule has 0 atom stereocenters. The monoisotopic (exact) mass is 306 g/mol. The molecule has 118 valence electrons. The van der Waals surface area contributed by atoms with Crippen molar-refractivity contribution in [2.45, 2.75) is 32.2 Å². The third-order valence-electron chi connectivity index (χ3n) is 4.47. The number of hydrogen-bond donors (Lipinski definition) is 0. The van der Waals surface area contributed by atoms with E-state index in [-0.39, 0.29) is 5.41 Å². The number of pyridine rings is 1. The van der Waals surface area contributed by atoms with Gasteiger partial charge in [0, 0.05) is 24.7 Å². The Morgan fingerprint density at radius 1 is 1.00 bits per heavy atom. The lowest BCUT2D eigenvalue weighted by Crippen LogP contribution is -2.49. The van der Waals surface area contributed by atoms with Gasteiger partial charge in [-0.25, -0.2) is 9.97 Å². The Morgan fingerprint density at radius 3 is 2.43 bits per heavy atom. The zero-order chi connectivity index (χ0) is 16.0. The third kappa shape index (κ3) is 2.38. The zero-order valence-corrected chi connectivity index (χ0v) is 13.9. The molecule has 23 heavy (non-hydrogen) atoms. The number of rotatable bonds is 2. The molecular formula is C19H22N4. The molecule has 0 amide bonds. The Hall–Kier alpha value is -2.36. The summed E-state index contributed by atoms with van der Waals surface area (Å²) in [4.78, 5) is 11.7. The number of benzene rings is 1. The Balaban J connectivity index is 1.70. The summed E-state index contributed by atoms with van der Waals surface area (Å²) >= 11 is 0. The van der Waals surface area contributed by atoms with Gasteiger partial charge in [0.25, 0.3) is 0 Å². The van der Waals surface area contributed by atoms with Crippen LogP contribution >= 0.6 is 0 Å². The lowest BCUT2D eigenvalue weighted by Gasteiger charge is -2.42. The van der Waals surface area contributed by atoms with Crippen molar-refractivity contribution < 1.29 is 0 Å². The molecule has 3 aromatic rings. The van der Waals surface area contributed by atoms with Crippen molar-refractivity contribution in [3.8, 4) is 0 Å². The number of aromatic nitrogens is 3. The van der Waals surface area contributed by atoms with E-state index in [4.69, 9.17) is 4.98 Å². The maximum atomic E-state index is 4.91. The Kier molecular flexibility index (Phi) is 3.15. The van der Waals surface area contributed by atoms with E-state index >= 15 is 0 Å². The van der Waals surface area contributed by atoms with E-state index in [1.807, 2.05) is 18.3 Å². The summed E-state index contributed by atoms with van der Waals surface area (Å²) in [7, 11) is 0. The van der Waals surface area contributed by atoms with E-state index < -0.39 is 0 Å². The first kappa shape index (κ1) is 14.2. The predicted molar refractivity (Wildman–Crippen MR) is 93.9 cm³/mol. The van der Waals surface area contributed by atoms with Crippen LogP contribution in [0.4, 0.5) is 5.82 Å². The molecule has 0 unspecified atom stereocenters. The number of nitrogens with zero attached hydrogens (tertiary/aromatic N) is 4. The lowest BCUT2D eigenvalue weighted by atomic mass is 9.94. The number of hydrogen-bond acceptors (Lipinski definition) is 3. The quantitative estimate of drug-likeness (QED) is 0.722. The first-order valence-electron chi connectivity index (χ1n) is 8.17. The minimum atomic E-state index is 0.0322. The molecule has 1 aromatic carbocycles. The first-order valence-corrected chi connectivity index (χ1v) is 8.17. The zero-order valence-electron chi connectivity index (χ0n) is 13.9. The Bertz CT molecular complexity index is 823. The molecule has 3 heterocycles. The van der Waals surface area contributed by atoms with Gasteiger partial charge in [-0.05, 0) is 24.3 Å². The van der Waals surface area contributed by atoms with E-state index in [0.29, 0.717) is 6.04 Å². The third-order valence-corrected chi connectivity index (χ3v) is 4.47. The van der Waals surface area contributed by atoms with Crippen LogP contribution in [0.25, 0.3) is 11.0 Å². The van der Waals surface area contributed by atoms with E-state index in [9.17, 15) is 0 Å². The smallest absolute Gasteiger partial charge is 0.128 e. The molecule has 4 rings (SSSR count). The highest BCUT2D eigenvalue weighted by atomic mass is 15.3. The second-order valence-corrected chi connectivity index (χ2v) is 7.29. The van der Waals surface area contributed by atoms with Crippen LogP contribution in [0.5, 0.6) is 0 Å². The van der Waals surface area contributed by atoms with Gasteiger partial charge in [0.1, 0.15) is 11.6 Å². The molecule has 1 saturated heterocycles. The van der Waals surface area contributed by atoms with Crippen LogP contribution in [0.15, 0.2) is 48.7 Å². The van der Waals surface area contributed by atoms with Crippen LogP contribution in [0.1, 0.15) is 32.6 Å². The summed E-state index contributed by atoms with van der Waals surface area (Å²) in [6.45, 7) is 8.68. The van der Waals surface area contributed by atoms with Crippen molar-refractivity contribution in [1.29, 1.82) is 0 Å². The fourth-order valence-electron chi connectivity index (χ4n) is 3.29. The second kappa shape index (κ2) is 5.08. The fourth-order valence-corrected chi connectivity index (χ4v) is 3.29. The number of fused-ring (bicyclic) bond motifs is 1. The van der Waals surface area contributed by atoms with E-state index in [1.165, 1.54) is 11.3 Å². The summed E-state index contributed by atoms with van der Waals surface area (Å²) < 4.78 is 2.44. The SMILES string of the molecule is CC(C)(C)c1nc2ccccc2n1C1CN(c2ccccn2)C1. The summed E-state index contributed by atoms with van der Waals surface area (Å²) in [5.41, 5.74) is 2.36. The van der Waals surface area contributed by atoms with Gasteiger partial charge in [-0.2, -0.15) is 0 Å². The van der Waals surface area contributed by atoms with Gasteiger partial charge in [0.05, 0.1) is 17.1 Å². The van der Waals surface area contributed by atoms with Gasteiger partial charge in [-0.15, -0.1) is 0 Å². The Morgan fingerprint density at radius 2 is 1.74 bits per heavy atom. The molecule has 0 saturated carbocycles. The van der Waals surface area contributed by atoms with E-state index in [0.717, 1.165) is 24.4 Å². The maximum absolute atomic E-state index is 4.91. The molecule has 0 N–H and O–H groups in total. The van der Waals surface area contributed by atoms with Crippen LogP contribution in [0.2, 0.25) is 0 Å². The fraction of sp³-hybridized carbons (Fsp3) is 0.368. The van der Waals surface area contributed by atoms with Gasteiger partial charge >= 0.3 is 0 Å². The van der Waals surface area contributed by atoms with Crippen molar-refractivity contribution in [3.05, 3.63) is 54.5 Å². The number of anilines is 1. The van der Waals surface area contributed by atoms with E-state index in [2.05, 4.69) is 65.6 Å². The summed E-state index contributed by atoms with van der Waals surface area (Å²) in [5.74, 6) is 2.23. The van der Waals surface area contributed by atoms with Gasteiger partial charge < -0.3 is 9.47 Å². The van der Waals surface area contributed by atoms with Crippen LogP contribution in [0.3, 0.4) is 0 Å². The highest BCUT2D eigenvalue weighted by Gasteiger charge is 2.34. The molecule has 1 aliphatic heterocycles. The van der Waals surface area contributed by atoms with Crippen molar-refractivity contribution in [3.63, 3.8) is 0 Å². The normalized spacial score (nSPS) is 15.9. The summed E-state index contributed by atoms with van der Waals surface area (Å²) in [6.07, 6.45) is 1.86. The highest BCUT2D eigenvalue weighted by Crippen LogP contribution is 2.34. The molecule has 4 heteroatoms. The van der Waals surface area contributed by atoms with Gasteiger partial charge in [0.15, 0.2) is 0 Å². The highest BCUT2D eigenvalue weighted by molar-refractivity contribution is 5.76. The van der Waals surface area contributed by atoms with Crippen molar-refractivity contribution in [2.75, 3.05) is 18.0 Å². The van der Waals surface area contributed by atoms with Crippen LogP contribution in [0, 0.1) is 0 Å². The number of para-hydroxylation sites is 2. The van der Waals surface area contributed by atoms with Crippen LogP contribution in [-0.4, -0.2) is 27.6 Å². The lowest BCUT2D eigenvalue weighted by molar-refractivity contribution is 0.371. The minimum Gasteiger partial charge on any atom is -0.352 e.